The fourth-order valence-electron chi connectivity index (χ4n) is 2.75. The van der Waals surface area contributed by atoms with Gasteiger partial charge in [0.15, 0.2) is 0 Å². The van der Waals surface area contributed by atoms with Gasteiger partial charge in [0.25, 0.3) is 0 Å². The monoisotopic (exact) mass is 264 g/mol. The molecular formula is C16H25FN2. The fraction of sp³-hybridized carbons (Fsp3) is 0.625. The van der Waals surface area contributed by atoms with Gasteiger partial charge in [0.1, 0.15) is 5.82 Å². The quantitative estimate of drug-likeness (QED) is 0.907. The van der Waals surface area contributed by atoms with Crippen molar-refractivity contribution in [3.8, 4) is 0 Å². The van der Waals surface area contributed by atoms with Crippen LogP contribution in [0.1, 0.15) is 44.7 Å². The van der Waals surface area contributed by atoms with Crippen molar-refractivity contribution in [1.82, 2.24) is 4.90 Å². The van der Waals surface area contributed by atoms with Gasteiger partial charge in [0.05, 0.1) is 0 Å². The van der Waals surface area contributed by atoms with Gasteiger partial charge in [-0.25, -0.2) is 4.39 Å². The molecule has 2 rings (SSSR count). The molecule has 2 N–H and O–H groups in total. The minimum atomic E-state index is -0.201. The van der Waals surface area contributed by atoms with Crippen molar-refractivity contribution in [2.24, 2.45) is 11.1 Å². The van der Waals surface area contributed by atoms with Crippen molar-refractivity contribution in [3.05, 3.63) is 35.6 Å². The average Bonchev–Trinajstić information content (AvgIpc) is 2.52. The number of nitrogens with zero attached hydrogens (tertiary/aromatic N) is 1. The molecule has 106 valence electrons. The van der Waals surface area contributed by atoms with Gasteiger partial charge in [-0.2, -0.15) is 0 Å². The van der Waals surface area contributed by atoms with E-state index in [0.29, 0.717) is 5.41 Å². The summed E-state index contributed by atoms with van der Waals surface area (Å²) in [7, 11) is 0. The highest BCUT2D eigenvalue weighted by molar-refractivity contribution is 5.19. The zero-order valence-electron chi connectivity index (χ0n) is 12.0. The second-order valence-electron chi connectivity index (χ2n) is 6.48. The molecule has 2 nitrogen and oxygen atoms in total. The van der Waals surface area contributed by atoms with Crippen LogP contribution >= 0.6 is 0 Å². The summed E-state index contributed by atoms with van der Waals surface area (Å²) in [6.45, 7) is 7.79. The van der Waals surface area contributed by atoms with Crippen LogP contribution in [0.5, 0.6) is 0 Å². The molecule has 0 spiro atoms. The molecule has 0 saturated carbocycles. The SMILES string of the molecule is CC1(C)CCCN(CC(N)c2ccc(F)cc2)CC1. The van der Waals surface area contributed by atoms with Crippen LogP contribution in [0.2, 0.25) is 0 Å². The minimum absolute atomic E-state index is 0.0261. The maximum Gasteiger partial charge on any atom is 0.123 e. The van der Waals surface area contributed by atoms with Crippen molar-refractivity contribution in [3.63, 3.8) is 0 Å². The lowest BCUT2D eigenvalue weighted by molar-refractivity contribution is 0.250. The van der Waals surface area contributed by atoms with Crippen molar-refractivity contribution in [1.29, 1.82) is 0 Å². The van der Waals surface area contributed by atoms with Gasteiger partial charge in [0.2, 0.25) is 0 Å². The first-order chi connectivity index (χ1) is 8.96. The van der Waals surface area contributed by atoms with Crippen LogP contribution in [-0.2, 0) is 0 Å². The third-order valence-electron chi connectivity index (χ3n) is 4.19. The number of hydrogen-bond acceptors (Lipinski definition) is 2. The van der Waals surface area contributed by atoms with Crippen molar-refractivity contribution in [2.45, 2.75) is 39.2 Å². The molecule has 0 aromatic heterocycles. The number of hydrogen-bond donors (Lipinski definition) is 1. The predicted molar refractivity (Wildman–Crippen MR) is 77.4 cm³/mol. The van der Waals surface area contributed by atoms with Crippen LogP contribution in [0, 0.1) is 11.2 Å². The Bertz CT molecular complexity index is 400. The third-order valence-corrected chi connectivity index (χ3v) is 4.19. The summed E-state index contributed by atoms with van der Waals surface area (Å²) < 4.78 is 12.9. The maximum absolute atomic E-state index is 12.9. The smallest absolute Gasteiger partial charge is 0.123 e. The summed E-state index contributed by atoms with van der Waals surface area (Å²) >= 11 is 0. The van der Waals surface area contributed by atoms with Crippen molar-refractivity contribution >= 4 is 0 Å². The summed E-state index contributed by atoms with van der Waals surface area (Å²) in [4.78, 5) is 2.45. The van der Waals surface area contributed by atoms with E-state index >= 15 is 0 Å². The summed E-state index contributed by atoms with van der Waals surface area (Å²) in [6, 6.07) is 6.53. The van der Waals surface area contributed by atoms with Crippen molar-refractivity contribution in [2.75, 3.05) is 19.6 Å². The van der Waals surface area contributed by atoms with Crippen molar-refractivity contribution < 1.29 is 4.39 Å². The Morgan fingerprint density at radius 2 is 1.89 bits per heavy atom. The molecule has 1 fully saturated rings. The van der Waals surface area contributed by atoms with Crippen LogP contribution in [-0.4, -0.2) is 24.5 Å². The van der Waals surface area contributed by atoms with E-state index in [2.05, 4.69) is 18.7 Å². The number of nitrogens with two attached hydrogens (primary N) is 1. The summed E-state index contributed by atoms with van der Waals surface area (Å²) in [5.74, 6) is -0.201. The second kappa shape index (κ2) is 6.02. The van der Waals surface area contributed by atoms with E-state index in [1.807, 2.05) is 0 Å². The largest absolute Gasteiger partial charge is 0.323 e. The number of rotatable bonds is 3. The molecule has 1 heterocycles. The van der Waals surface area contributed by atoms with Gasteiger partial charge in [-0.1, -0.05) is 26.0 Å². The molecular weight excluding hydrogens is 239 g/mol. The van der Waals surface area contributed by atoms with Crippen LogP contribution in [0.3, 0.4) is 0 Å². The molecule has 0 radical (unpaired) electrons. The second-order valence-corrected chi connectivity index (χ2v) is 6.48. The predicted octanol–water partition coefficient (Wildman–Crippen LogP) is 3.34. The maximum atomic E-state index is 12.9. The Labute approximate surface area is 115 Å². The molecule has 19 heavy (non-hydrogen) atoms. The average molecular weight is 264 g/mol. The Hall–Kier alpha value is -0.930. The van der Waals surface area contributed by atoms with Crippen LogP contribution in [0.15, 0.2) is 24.3 Å². The zero-order valence-corrected chi connectivity index (χ0v) is 12.0. The summed E-state index contributed by atoms with van der Waals surface area (Å²) in [6.07, 6.45) is 3.75. The van der Waals surface area contributed by atoms with E-state index in [0.717, 1.165) is 25.2 Å². The van der Waals surface area contributed by atoms with Crippen LogP contribution in [0.25, 0.3) is 0 Å². The lowest BCUT2D eigenvalue weighted by Crippen LogP contribution is -2.33. The third kappa shape index (κ3) is 4.29. The molecule has 1 aliphatic heterocycles. The summed E-state index contributed by atoms with van der Waals surface area (Å²) in [5.41, 5.74) is 7.70. The normalized spacial score (nSPS) is 21.9. The van der Waals surface area contributed by atoms with E-state index in [1.54, 1.807) is 12.1 Å². The standard InChI is InChI=1S/C16H25FN2/c1-16(2)8-3-10-19(11-9-16)12-15(18)13-4-6-14(17)7-5-13/h4-7,15H,3,8-12,18H2,1-2H3. The van der Waals surface area contributed by atoms with Gasteiger partial charge >= 0.3 is 0 Å². The van der Waals surface area contributed by atoms with Gasteiger partial charge in [-0.15, -0.1) is 0 Å². The molecule has 3 heteroatoms. The van der Waals surface area contributed by atoms with Gasteiger partial charge in [0, 0.05) is 12.6 Å². The lowest BCUT2D eigenvalue weighted by atomic mass is 9.85. The van der Waals surface area contributed by atoms with Crippen LogP contribution < -0.4 is 5.73 Å². The molecule has 0 aliphatic carbocycles. The molecule has 1 unspecified atom stereocenters. The van der Waals surface area contributed by atoms with E-state index in [9.17, 15) is 4.39 Å². The number of benzene rings is 1. The van der Waals surface area contributed by atoms with E-state index < -0.39 is 0 Å². The summed E-state index contributed by atoms with van der Waals surface area (Å²) in [5, 5.41) is 0. The van der Waals surface area contributed by atoms with E-state index in [4.69, 9.17) is 5.73 Å². The molecule has 1 aromatic carbocycles. The zero-order chi connectivity index (χ0) is 13.9. The van der Waals surface area contributed by atoms with Gasteiger partial charge < -0.3 is 10.6 Å². The first kappa shape index (κ1) is 14.5. The highest BCUT2D eigenvalue weighted by Gasteiger charge is 2.23. The molecule has 1 saturated heterocycles. The molecule has 0 bridgehead atoms. The lowest BCUT2D eigenvalue weighted by Gasteiger charge is -2.25. The van der Waals surface area contributed by atoms with E-state index in [1.165, 1.54) is 31.4 Å². The van der Waals surface area contributed by atoms with Gasteiger partial charge in [-0.05, 0) is 55.5 Å². The Kier molecular flexibility index (Phi) is 4.58. The number of likely N-dealkylation sites (tertiary alicyclic amines) is 1. The molecule has 1 atom stereocenters. The topological polar surface area (TPSA) is 29.3 Å². The Morgan fingerprint density at radius 3 is 2.58 bits per heavy atom. The Morgan fingerprint density at radius 1 is 1.21 bits per heavy atom. The fourth-order valence-corrected chi connectivity index (χ4v) is 2.75. The Balaban J connectivity index is 1.91. The number of halogens is 1. The molecule has 0 amide bonds. The first-order valence-electron chi connectivity index (χ1n) is 7.20. The highest BCUT2D eigenvalue weighted by atomic mass is 19.1. The van der Waals surface area contributed by atoms with E-state index in [-0.39, 0.29) is 11.9 Å². The molecule has 1 aliphatic rings. The molecule has 1 aromatic rings. The van der Waals surface area contributed by atoms with Crippen LogP contribution in [0.4, 0.5) is 4.39 Å². The highest BCUT2D eigenvalue weighted by Crippen LogP contribution is 2.30. The van der Waals surface area contributed by atoms with Gasteiger partial charge in [-0.3, -0.25) is 0 Å². The minimum Gasteiger partial charge on any atom is -0.323 e. The first-order valence-corrected chi connectivity index (χ1v) is 7.20.